The standard InChI is InChI=1S/C32H53N2/c1-3-5-7-8-9-10-11-12-13-14-15-16-17-18-20-22-29(21-19-6-4-2)30-23-25-31(26-24-30)32-33-27-28-34-32/h23-29H,3-22H2,1-2H3/q+1. The Morgan fingerprint density at radius 1 is 0.529 bits per heavy atom. The summed E-state index contributed by atoms with van der Waals surface area (Å²) in [5.41, 5.74) is 2.64. The van der Waals surface area contributed by atoms with E-state index >= 15 is 0 Å². The van der Waals surface area contributed by atoms with Crippen molar-refractivity contribution in [2.24, 2.45) is 9.98 Å². The van der Waals surface area contributed by atoms with Gasteiger partial charge in [0.1, 0.15) is 18.0 Å². The van der Waals surface area contributed by atoms with E-state index in [-0.39, 0.29) is 0 Å². The van der Waals surface area contributed by atoms with Crippen LogP contribution in [0, 0.1) is 6.17 Å². The Morgan fingerprint density at radius 2 is 0.912 bits per heavy atom. The predicted molar refractivity (Wildman–Crippen MR) is 152 cm³/mol. The molecule has 190 valence electrons. The van der Waals surface area contributed by atoms with Crippen LogP contribution < -0.4 is 0 Å². The first-order valence-corrected chi connectivity index (χ1v) is 14.9. The van der Waals surface area contributed by atoms with Crippen LogP contribution in [0.5, 0.6) is 0 Å². The topological polar surface area (TPSA) is 24.7 Å². The molecule has 0 aliphatic carbocycles. The van der Waals surface area contributed by atoms with Gasteiger partial charge in [0, 0.05) is 12.1 Å². The monoisotopic (exact) mass is 465 g/mol. The fourth-order valence-corrected chi connectivity index (χ4v) is 5.18. The third-order valence-electron chi connectivity index (χ3n) is 7.41. The zero-order valence-corrected chi connectivity index (χ0v) is 22.6. The van der Waals surface area contributed by atoms with Crippen LogP contribution >= 0.6 is 0 Å². The van der Waals surface area contributed by atoms with Gasteiger partial charge in [-0.05, 0) is 36.5 Å². The highest BCUT2D eigenvalue weighted by molar-refractivity contribution is 6.18. The lowest BCUT2D eigenvalue weighted by Gasteiger charge is -2.17. The van der Waals surface area contributed by atoms with Crippen LogP contribution in [0.25, 0.3) is 0 Å². The van der Waals surface area contributed by atoms with E-state index < -0.39 is 0 Å². The van der Waals surface area contributed by atoms with Crippen molar-refractivity contribution in [1.29, 1.82) is 0 Å². The molecule has 1 atom stereocenters. The average Bonchev–Trinajstić information content (AvgIpc) is 3.41. The van der Waals surface area contributed by atoms with E-state index in [0.717, 1.165) is 11.7 Å². The Bertz CT molecular complexity index is 633. The molecule has 0 aromatic heterocycles. The Balaban J connectivity index is 1.54. The van der Waals surface area contributed by atoms with Crippen molar-refractivity contribution < 1.29 is 0 Å². The van der Waals surface area contributed by atoms with Gasteiger partial charge in [0.25, 0.3) is 0 Å². The number of hydrogen-bond acceptors (Lipinski definition) is 2. The van der Waals surface area contributed by atoms with Crippen LogP contribution in [0.15, 0.2) is 34.3 Å². The molecule has 1 aliphatic heterocycles. The smallest absolute Gasteiger partial charge is 0.147 e. The summed E-state index contributed by atoms with van der Waals surface area (Å²) >= 11 is 0. The molecular weight excluding hydrogens is 412 g/mol. The third-order valence-corrected chi connectivity index (χ3v) is 7.41. The molecule has 0 amide bonds. The third kappa shape index (κ3) is 12.8. The van der Waals surface area contributed by atoms with Crippen molar-refractivity contribution in [3.05, 3.63) is 41.6 Å². The summed E-state index contributed by atoms with van der Waals surface area (Å²) < 4.78 is 0. The van der Waals surface area contributed by atoms with Crippen LogP contribution in [0.1, 0.15) is 159 Å². The first-order chi connectivity index (χ1) is 16.8. The van der Waals surface area contributed by atoms with Crippen molar-refractivity contribution in [2.75, 3.05) is 0 Å². The highest BCUT2D eigenvalue weighted by atomic mass is 15.0. The quantitative estimate of drug-likeness (QED) is 0.120. The van der Waals surface area contributed by atoms with E-state index in [0.29, 0.717) is 5.92 Å². The second-order valence-corrected chi connectivity index (χ2v) is 10.4. The Morgan fingerprint density at radius 3 is 1.38 bits per heavy atom. The van der Waals surface area contributed by atoms with Gasteiger partial charge in [-0.1, -0.05) is 129 Å². The Labute approximate surface area is 212 Å². The summed E-state index contributed by atoms with van der Waals surface area (Å²) in [7, 11) is 0. The number of nitrogens with zero attached hydrogens (tertiary/aromatic N) is 2. The Hall–Kier alpha value is -1.57. The molecule has 1 aromatic carbocycles. The highest BCUT2D eigenvalue weighted by Crippen LogP contribution is 2.30. The first-order valence-electron chi connectivity index (χ1n) is 14.9. The van der Waals surface area contributed by atoms with Gasteiger partial charge in [-0.3, -0.25) is 0 Å². The minimum Gasteiger partial charge on any atom is -0.147 e. The Kier molecular flexibility index (Phi) is 16.6. The molecule has 0 spiro atoms. The summed E-state index contributed by atoms with van der Waals surface area (Å²) in [4.78, 5) is 8.67. The van der Waals surface area contributed by atoms with Gasteiger partial charge in [0.2, 0.25) is 6.17 Å². The molecule has 2 nitrogen and oxygen atoms in total. The number of rotatable bonds is 22. The van der Waals surface area contributed by atoms with Crippen LogP contribution in [0.4, 0.5) is 0 Å². The molecule has 0 fully saturated rings. The fourth-order valence-electron chi connectivity index (χ4n) is 5.18. The molecule has 0 saturated carbocycles. The molecule has 1 aliphatic rings. The average molecular weight is 466 g/mol. The summed E-state index contributed by atoms with van der Waals surface area (Å²) in [5, 5.41) is 0. The maximum Gasteiger partial charge on any atom is 0.243 e. The van der Waals surface area contributed by atoms with Crippen molar-refractivity contribution in [1.82, 2.24) is 0 Å². The summed E-state index contributed by atoms with van der Waals surface area (Å²) in [6.07, 6.45) is 32.6. The maximum atomic E-state index is 4.33. The number of benzene rings is 1. The number of aliphatic imine (C=N–C) groups is 2. The molecule has 0 radical (unpaired) electrons. The molecule has 0 saturated heterocycles. The minimum absolute atomic E-state index is 0.711. The molecule has 1 aromatic rings. The molecule has 0 bridgehead atoms. The van der Waals surface area contributed by atoms with E-state index in [2.05, 4.69) is 48.1 Å². The van der Waals surface area contributed by atoms with Crippen molar-refractivity contribution in [3.8, 4) is 0 Å². The van der Waals surface area contributed by atoms with E-state index in [1.165, 1.54) is 134 Å². The lowest BCUT2D eigenvalue weighted by Crippen LogP contribution is -2.01. The number of unbranched alkanes of at least 4 members (excludes halogenated alkanes) is 16. The molecule has 2 heteroatoms. The predicted octanol–water partition coefficient (Wildman–Crippen LogP) is 10.6. The number of hydrogen-bond donors (Lipinski definition) is 0. The lowest BCUT2D eigenvalue weighted by molar-refractivity contribution is 0.489. The van der Waals surface area contributed by atoms with Crippen LogP contribution in [-0.4, -0.2) is 12.4 Å². The molecule has 0 N–H and O–H groups in total. The van der Waals surface area contributed by atoms with E-state index in [4.69, 9.17) is 0 Å². The SMILES string of the molecule is CCCCCCCCCCCCCCCCCC(CCCCC)c1ccc([C+]2N=CC=N2)cc1. The molecule has 34 heavy (non-hydrogen) atoms. The van der Waals surface area contributed by atoms with Gasteiger partial charge in [0.15, 0.2) is 0 Å². The zero-order valence-electron chi connectivity index (χ0n) is 22.6. The molecule has 2 rings (SSSR count). The van der Waals surface area contributed by atoms with E-state index in [1.807, 2.05) is 0 Å². The van der Waals surface area contributed by atoms with E-state index in [1.54, 1.807) is 12.4 Å². The van der Waals surface area contributed by atoms with Crippen LogP contribution in [0.3, 0.4) is 0 Å². The molecule has 1 heterocycles. The van der Waals surface area contributed by atoms with Crippen molar-refractivity contribution in [3.63, 3.8) is 0 Å². The summed E-state index contributed by atoms with van der Waals surface area (Å²) in [6.45, 7) is 4.60. The van der Waals surface area contributed by atoms with Gasteiger partial charge in [-0.25, -0.2) is 0 Å². The second kappa shape index (κ2) is 19.7. The van der Waals surface area contributed by atoms with Gasteiger partial charge < -0.3 is 0 Å². The highest BCUT2D eigenvalue weighted by Gasteiger charge is 2.19. The fraction of sp³-hybridized carbons (Fsp3) is 0.719. The van der Waals surface area contributed by atoms with Gasteiger partial charge >= 0.3 is 0 Å². The zero-order chi connectivity index (χ0) is 24.1. The molecular formula is C32H53N2+. The van der Waals surface area contributed by atoms with Gasteiger partial charge in [-0.2, -0.15) is 0 Å². The van der Waals surface area contributed by atoms with Crippen LogP contribution in [-0.2, 0) is 0 Å². The van der Waals surface area contributed by atoms with E-state index in [9.17, 15) is 0 Å². The lowest BCUT2D eigenvalue weighted by atomic mass is 9.87. The molecule has 1 unspecified atom stereocenters. The largest absolute Gasteiger partial charge is 0.243 e. The van der Waals surface area contributed by atoms with Crippen molar-refractivity contribution in [2.45, 2.75) is 148 Å². The van der Waals surface area contributed by atoms with Crippen LogP contribution in [0.2, 0.25) is 0 Å². The minimum atomic E-state index is 0.711. The van der Waals surface area contributed by atoms with Crippen molar-refractivity contribution >= 4 is 12.4 Å². The van der Waals surface area contributed by atoms with Gasteiger partial charge in [-0.15, -0.1) is 9.98 Å². The van der Waals surface area contributed by atoms with Gasteiger partial charge in [0.05, 0.1) is 0 Å². The summed E-state index contributed by atoms with van der Waals surface area (Å²) in [5.74, 6) is 0.711. The second-order valence-electron chi connectivity index (χ2n) is 10.4. The normalized spacial score (nSPS) is 13.8. The first kappa shape index (κ1) is 28.7. The maximum absolute atomic E-state index is 4.33. The summed E-state index contributed by atoms with van der Waals surface area (Å²) in [6, 6.07) is 9.08.